The van der Waals surface area contributed by atoms with Gasteiger partial charge in [-0.3, -0.25) is 4.79 Å². The van der Waals surface area contributed by atoms with Crippen LogP contribution < -0.4 is 0 Å². The molecule has 0 saturated heterocycles. The predicted molar refractivity (Wildman–Crippen MR) is 64.0 cm³/mol. The summed E-state index contributed by atoms with van der Waals surface area (Å²) in [5.41, 5.74) is 0. The second kappa shape index (κ2) is 4.45. The fourth-order valence-electron chi connectivity index (χ4n) is 1.45. The second-order valence-corrected chi connectivity index (χ2v) is 4.42. The molecule has 0 aliphatic carbocycles. The molecule has 4 heteroatoms. The Balaban J connectivity index is 2.31. The van der Waals surface area contributed by atoms with Gasteiger partial charge in [0.2, 0.25) is 0 Å². The molecule has 0 heterocycles. The van der Waals surface area contributed by atoms with Crippen LogP contribution in [0.15, 0.2) is 41.3 Å². The van der Waals surface area contributed by atoms with E-state index in [1.807, 2.05) is 24.3 Å². The number of aromatic hydroxyl groups is 1. The highest BCUT2D eigenvalue weighted by molar-refractivity contribution is 8.00. The molecule has 3 nitrogen and oxygen atoms in total. The third-order valence-electron chi connectivity index (χ3n) is 2.16. The number of fused-ring (bicyclic) bond motifs is 1. The summed E-state index contributed by atoms with van der Waals surface area (Å²) in [6.07, 6.45) is 0. The molecule has 0 unspecified atom stereocenters. The van der Waals surface area contributed by atoms with Crippen LogP contribution in [0.5, 0.6) is 5.75 Å². The zero-order chi connectivity index (χ0) is 11.5. The Morgan fingerprint density at radius 1 is 1.12 bits per heavy atom. The molecule has 0 fully saturated rings. The van der Waals surface area contributed by atoms with Crippen molar-refractivity contribution in [1.29, 1.82) is 0 Å². The first-order valence-corrected chi connectivity index (χ1v) is 5.71. The Bertz CT molecular complexity index is 537. The lowest BCUT2D eigenvalue weighted by atomic mass is 10.1. The summed E-state index contributed by atoms with van der Waals surface area (Å²) in [6, 6.07) is 10.8. The van der Waals surface area contributed by atoms with Crippen molar-refractivity contribution in [3.63, 3.8) is 0 Å². The number of rotatable bonds is 3. The highest BCUT2D eigenvalue weighted by Gasteiger charge is 2.01. The van der Waals surface area contributed by atoms with E-state index in [1.165, 1.54) is 11.8 Å². The minimum atomic E-state index is -0.832. The first-order chi connectivity index (χ1) is 7.65. The lowest BCUT2D eigenvalue weighted by Gasteiger charge is -2.02. The molecular formula is C12H10O3S. The van der Waals surface area contributed by atoms with Gasteiger partial charge in [-0.2, -0.15) is 0 Å². The van der Waals surface area contributed by atoms with E-state index in [4.69, 9.17) is 5.11 Å². The van der Waals surface area contributed by atoms with E-state index >= 15 is 0 Å². The van der Waals surface area contributed by atoms with E-state index in [-0.39, 0.29) is 11.5 Å². The van der Waals surface area contributed by atoms with Crippen molar-refractivity contribution in [2.75, 3.05) is 5.75 Å². The van der Waals surface area contributed by atoms with Crippen molar-refractivity contribution in [3.8, 4) is 5.75 Å². The summed E-state index contributed by atoms with van der Waals surface area (Å²) in [4.78, 5) is 11.3. The average Bonchev–Trinajstić information content (AvgIpc) is 2.25. The van der Waals surface area contributed by atoms with Crippen LogP contribution >= 0.6 is 11.8 Å². The van der Waals surface area contributed by atoms with E-state index < -0.39 is 5.97 Å². The number of hydrogen-bond acceptors (Lipinski definition) is 3. The number of phenolic OH excluding ortho intramolecular Hbond substituents is 1. The first-order valence-electron chi connectivity index (χ1n) is 4.72. The van der Waals surface area contributed by atoms with Crippen molar-refractivity contribution in [1.82, 2.24) is 0 Å². The summed E-state index contributed by atoms with van der Waals surface area (Å²) in [7, 11) is 0. The standard InChI is InChI=1S/C12H10O3S/c13-10-3-1-8-2-4-11(6-9(8)5-10)16-7-12(14)15/h1-6,13H,7H2,(H,14,15). The van der Waals surface area contributed by atoms with E-state index in [1.54, 1.807) is 12.1 Å². The zero-order valence-electron chi connectivity index (χ0n) is 8.38. The van der Waals surface area contributed by atoms with Gasteiger partial charge in [0.15, 0.2) is 0 Å². The maximum Gasteiger partial charge on any atom is 0.313 e. The van der Waals surface area contributed by atoms with Gasteiger partial charge >= 0.3 is 5.97 Å². The molecule has 0 bridgehead atoms. The van der Waals surface area contributed by atoms with Crippen molar-refractivity contribution in [2.24, 2.45) is 0 Å². The van der Waals surface area contributed by atoms with Crippen LogP contribution in [-0.2, 0) is 4.79 Å². The average molecular weight is 234 g/mol. The Morgan fingerprint density at radius 2 is 1.88 bits per heavy atom. The molecule has 0 aromatic heterocycles. The summed E-state index contributed by atoms with van der Waals surface area (Å²) in [5.74, 6) is -0.571. The van der Waals surface area contributed by atoms with Gasteiger partial charge in [0.1, 0.15) is 5.75 Å². The highest BCUT2D eigenvalue weighted by atomic mass is 32.2. The topological polar surface area (TPSA) is 57.5 Å². The Hall–Kier alpha value is -1.68. The van der Waals surface area contributed by atoms with E-state index in [0.717, 1.165) is 15.7 Å². The number of thioether (sulfide) groups is 1. The molecule has 0 radical (unpaired) electrons. The molecule has 2 rings (SSSR count). The molecule has 2 N–H and O–H groups in total. The summed E-state index contributed by atoms with van der Waals surface area (Å²) in [5, 5.41) is 19.8. The van der Waals surface area contributed by atoms with E-state index in [0.29, 0.717) is 0 Å². The Morgan fingerprint density at radius 3 is 2.62 bits per heavy atom. The number of aliphatic carboxylic acids is 1. The van der Waals surface area contributed by atoms with Gasteiger partial charge in [-0.15, -0.1) is 11.8 Å². The molecule has 0 atom stereocenters. The monoisotopic (exact) mass is 234 g/mol. The third-order valence-corrected chi connectivity index (χ3v) is 3.14. The van der Waals surface area contributed by atoms with E-state index in [2.05, 4.69) is 0 Å². The molecule has 0 spiro atoms. The summed E-state index contributed by atoms with van der Waals surface area (Å²) >= 11 is 1.27. The van der Waals surface area contributed by atoms with Gasteiger partial charge in [0.05, 0.1) is 5.75 Å². The lowest BCUT2D eigenvalue weighted by molar-refractivity contribution is -0.133. The fraction of sp³-hybridized carbons (Fsp3) is 0.0833. The van der Waals surface area contributed by atoms with Crippen LogP contribution in [0, 0.1) is 0 Å². The number of phenols is 1. The van der Waals surface area contributed by atoms with Gasteiger partial charge in [-0.1, -0.05) is 12.1 Å². The maximum atomic E-state index is 10.4. The molecule has 0 saturated carbocycles. The first kappa shape index (κ1) is 10.8. The molecular weight excluding hydrogens is 224 g/mol. The maximum absolute atomic E-state index is 10.4. The Kier molecular flexibility index (Phi) is 3.01. The number of carboxylic acid groups (broad SMARTS) is 1. The van der Waals surface area contributed by atoms with Crippen molar-refractivity contribution < 1.29 is 15.0 Å². The van der Waals surface area contributed by atoms with Crippen molar-refractivity contribution >= 4 is 28.5 Å². The molecule has 2 aromatic carbocycles. The lowest BCUT2D eigenvalue weighted by Crippen LogP contribution is -1.97. The molecule has 82 valence electrons. The van der Waals surface area contributed by atoms with Crippen LogP contribution in [0.3, 0.4) is 0 Å². The minimum Gasteiger partial charge on any atom is -0.508 e. The predicted octanol–water partition coefficient (Wildman–Crippen LogP) is 2.72. The largest absolute Gasteiger partial charge is 0.508 e. The van der Waals surface area contributed by atoms with Crippen molar-refractivity contribution in [2.45, 2.75) is 4.90 Å². The zero-order valence-corrected chi connectivity index (χ0v) is 9.20. The summed E-state index contributed by atoms with van der Waals surface area (Å²) in [6.45, 7) is 0. The van der Waals surface area contributed by atoms with Gasteiger partial charge in [-0.25, -0.2) is 0 Å². The molecule has 0 aliphatic rings. The van der Waals surface area contributed by atoms with Crippen LogP contribution in [-0.4, -0.2) is 21.9 Å². The minimum absolute atomic E-state index is 0.0460. The number of carboxylic acids is 1. The van der Waals surface area contributed by atoms with Crippen LogP contribution in [0.1, 0.15) is 0 Å². The second-order valence-electron chi connectivity index (χ2n) is 3.38. The normalized spacial score (nSPS) is 10.5. The quantitative estimate of drug-likeness (QED) is 0.802. The molecule has 2 aromatic rings. The van der Waals surface area contributed by atoms with Crippen molar-refractivity contribution in [3.05, 3.63) is 36.4 Å². The summed E-state index contributed by atoms with van der Waals surface area (Å²) < 4.78 is 0. The number of carbonyl (C=O) groups is 1. The molecule has 16 heavy (non-hydrogen) atoms. The molecule has 0 amide bonds. The van der Waals surface area contributed by atoms with Gasteiger partial charge in [-0.05, 0) is 35.0 Å². The van der Waals surface area contributed by atoms with Crippen LogP contribution in [0.4, 0.5) is 0 Å². The Labute approximate surface area is 96.7 Å². The van der Waals surface area contributed by atoms with Gasteiger partial charge in [0.25, 0.3) is 0 Å². The fourth-order valence-corrected chi connectivity index (χ4v) is 2.11. The van der Waals surface area contributed by atoms with Crippen LogP contribution in [0.25, 0.3) is 10.8 Å². The smallest absolute Gasteiger partial charge is 0.313 e. The SMILES string of the molecule is O=C(O)CSc1ccc2ccc(O)cc2c1. The number of benzene rings is 2. The molecule has 0 aliphatic heterocycles. The van der Waals surface area contributed by atoms with Crippen LogP contribution in [0.2, 0.25) is 0 Å². The highest BCUT2D eigenvalue weighted by Crippen LogP contribution is 2.25. The van der Waals surface area contributed by atoms with E-state index in [9.17, 15) is 9.90 Å². The number of hydrogen-bond donors (Lipinski definition) is 2. The van der Waals surface area contributed by atoms with Gasteiger partial charge < -0.3 is 10.2 Å². The van der Waals surface area contributed by atoms with Gasteiger partial charge in [0, 0.05) is 4.90 Å². The third kappa shape index (κ3) is 2.46.